The van der Waals surface area contributed by atoms with Crippen LogP contribution < -0.4 is 5.73 Å². The molecule has 1 aromatic carbocycles. The number of rotatable bonds is 4. The van der Waals surface area contributed by atoms with E-state index in [1.807, 2.05) is 24.6 Å². The zero-order valence-electron chi connectivity index (χ0n) is 11.4. The normalized spacial score (nSPS) is 10.9. The Morgan fingerprint density at radius 2 is 2.11 bits per heavy atom. The lowest BCUT2D eigenvalue weighted by molar-refractivity contribution is 0.632. The lowest BCUT2D eigenvalue weighted by atomic mass is 10.2. The molecule has 0 fully saturated rings. The molecule has 0 radical (unpaired) electrons. The number of benzene rings is 1. The van der Waals surface area contributed by atoms with Gasteiger partial charge in [0.05, 0.1) is 16.4 Å². The Morgan fingerprint density at radius 1 is 1.37 bits per heavy atom. The van der Waals surface area contributed by atoms with Crippen LogP contribution in [0, 0.1) is 13.8 Å². The summed E-state index contributed by atoms with van der Waals surface area (Å²) in [5.74, 6) is 0.779. The van der Waals surface area contributed by atoms with Crippen LogP contribution >= 0.6 is 23.4 Å². The Balaban J connectivity index is 2.18. The number of halogens is 1. The Labute approximate surface area is 123 Å². The first kappa shape index (κ1) is 14.3. The molecule has 0 spiro atoms. The summed E-state index contributed by atoms with van der Waals surface area (Å²) in [6.07, 6.45) is 0. The van der Waals surface area contributed by atoms with Crippen LogP contribution in [0.4, 0.5) is 5.69 Å². The van der Waals surface area contributed by atoms with Crippen LogP contribution in [0.3, 0.4) is 0 Å². The van der Waals surface area contributed by atoms with Crippen molar-refractivity contribution >= 4 is 29.1 Å². The van der Waals surface area contributed by atoms with Crippen LogP contribution in [0.25, 0.3) is 0 Å². The molecule has 0 saturated carbocycles. The minimum absolute atomic E-state index is 0.764. The highest BCUT2D eigenvalue weighted by molar-refractivity contribution is 7.98. The Hall–Kier alpha value is -1.13. The lowest BCUT2D eigenvalue weighted by Gasteiger charge is -2.08. The third-order valence-electron chi connectivity index (χ3n) is 2.98. The number of thioether (sulfide) groups is 1. The number of nitrogen functional groups attached to an aromatic ring is 1. The number of aryl methyl sites for hydroxylation is 3. The monoisotopic (exact) mass is 295 g/mol. The van der Waals surface area contributed by atoms with Crippen molar-refractivity contribution in [2.75, 3.05) is 5.73 Å². The fourth-order valence-electron chi connectivity index (χ4n) is 1.95. The van der Waals surface area contributed by atoms with E-state index in [1.165, 1.54) is 5.56 Å². The molecule has 0 aliphatic carbocycles. The van der Waals surface area contributed by atoms with Crippen LogP contribution in [0.2, 0.25) is 5.02 Å². The molecule has 0 aliphatic rings. The predicted octanol–water partition coefficient (Wildman–Crippen LogP) is 4.05. The molecule has 0 saturated heterocycles. The molecule has 2 N–H and O–H groups in total. The summed E-state index contributed by atoms with van der Waals surface area (Å²) < 4.78 is 1.95. The molecule has 0 amide bonds. The van der Waals surface area contributed by atoms with Crippen molar-refractivity contribution in [3.8, 4) is 0 Å². The maximum absolute atomic E-state index is 6.30. The molecular weight excluding hydrogens is 278 g/mol. The molecule has 2 aromatic rings. The summed E-state index contributed by atoms with van der Waals surface area (Å²) in [5, 5.41) is 5.18. The second-order valence-electron chi connectivity index (χ2n) is 4.49. The van der Waals surface area contributed by atoms with E-state index in [4.69, 9.17) is 17.3 Å². The summed E-state index contributed by atoms with van der Waals surface area (Å²) in [7, 11) is 0. The quantitative estimate of drug-likeness (QED) is 0.683. The summed E-state index contributed by atoms with van der Waals surface area (Å²) in [6.45, 7) is 6.87. The van der Waals surface area contributed by atoms with Crippen LogP contribution in [0.1, 0.15) is 23.9 Å². The maximum Gasteiger partial charge on any atom is 0.0855 e. The fourth-order valence-corrected chi connectivity index (χ4v) is 3.21. The number of hydrogen-bond donors (Lipinski definition) is 1. The number of nitrogens with two attached hydrogens (primary N) is 1. The highest BCUT2D eigenvalue weighted by Gasteiger charge is 2.13. The molecule has 5 heteroatoms. The van der Waals surface area contributed by atoms with Crippen LogP contribution in [0.15, 0.2) is 23.1 Å². The SMILES string of the molecule is CCn1nc(C)c(Cl)c1CSc1ccc(C)cc1N. The van der Waals surface area contributed by atoms with Crippen LogP contribution in [-0.2, 0) is 12.3 Å². The molecule has 0 bridgehead atoms. The van der Waals surface area contributed by atoms with E-state index < -0.39 is 0 Å². The lowest BCUT2D eigenvalue weighted by Crippen LogP contribution is -2.02. The first-order valence-electron chi connectivity index (χ1n) is 6.23. The first-order chi connectivity index (χ1) is 9.02. The summed E-state index contributed by atoms with van der Waals surface area (Å²) >= 11 is 7.99. The topological polar surface area (TPSA) is 43.8 Å². The maximum atomic E-state index is 6.30. The van der Waals surface area contributed by atoms with Gasteiger partial charge < -0.3 is 5.73 Å². The number of aromatic nitrogens is 2. The third kappa shape index (κ3) is 3.07. The molecule has 0 atom stereocenters. The van der Waals surface area contributed by atoms with Gasteiger partial charge in [0, 0.05) is 22.9 Å². The molecule has 1 aromatic heterocycles. The molecular formula is C14H18ClN3S. The Morgan fingerprint density at radius 3 is 2.74 bits per heavy atom. The Bertz CT molecular complexity index is 593. The summed E-state index contributed by atoms with van der Waals surface area (Å²) in [5.41, 5.74) is 9.97. The second-order valence-corrected chi connectivity index (χ2v) is 5.89. The van der Waals surface area contributed by atoms with E-state index in [2.05, 4.69) is 24.2 Å². The van der Waals surface area contributed by atoms with Crippen molar-refractivity contribution in [3.05, 3.63) is 40.2 Å². The van der Waals surface area contributed by atoms with E-state index in [0.29, 0.717) is 0 Å². The third-order valence-corrected chi connectivity index (χ3v) is 4.57. The number of hydrogen-bond acceptors (Lipinski definition) is 3. The van der Waals surface area contributed by atoms with Crippen molar-refractivity contribution in [1.82, 2.24) is 9.78 Å². The van der Waals surface area contributed by atoms with Gasteiger partial charge in [0.25, 0.3) is 0 Å². The largest absolute Gasteiger partial charge is 0.398 e. The van der Waals surface area contributed by atoms with E-state index in [0.717, 1.165) is 39.3 Å². The van der Waals surface area contributed by atoms with Gasteiger partial charge >= 0.3 is 0 Å². The van der Waals surface area contributed by atoms with Gasteiger partial charge in [-0.15, -0.1) is 11.8 Å². The van der Waals surface area contributed by atoms with E-state index in [1.54, 1.807) is 11.8 Å². The number of nitrogens with zero attached hydrogens (tertiary/aromatic N) is 2. The molecule has 2 rings (SSSR count). The van der Waals surface area contributed by atoms with Crippen LogP contribution in [0.5, 0.6) is 0 Å². The van der Waals surface area contributed by atoms with Gasteiger partial charge in [-0.2, -0.15) is 5.10 Å². The van der Waals surface area contributed by atoms with Crippen molar-refractivity contribution in [2.24, 2.45) is 0 Å². The van der Waals surface area contributed by atoms with Gasteiger partial charge in [0.2, 0.25) is 0 Å². The van der Waals surface area contributed by atoms with Crippen molar-refractivity contribution in [2.45, 2.75) is 38.0 Å². The van der Waals surface area contributed by atoms with Gasteiger partial charge in [-0.05, 0) is 38.5 Å². The van der Waals surface area contributed by atoms with Gasteiger partial charge in [0.1, 0.15) is 0 Å². The minimum atomic E-state index is 0.764. The smallest absolute Gasteiger partial charge is 0.0855 e. The van der Waals surface area contributed by atoms with Gasteiger partial charge in [-0.25, -0.2) is 0 Å². The highest BCUT2D eigenvalue weighted by atomic mass is 35.5. The highest BCUT2D eigenvalue weighted by Crippen LogP contribution is 2.32. The van der Waals surface area contributed by atoms with Gasteiger partial charge in [-0.3, -0.25) is 4.68 Å². The zero-order chi connectivity index (χ0) is 14.0. The Kier molecular flexibility index (Phi) is 4.42. The molecule has 0 aliphatic heterocycles. The predicted molar refractivity (Wildman–Crippen MR) is 82.8 cm³/mol. The van der Waals surface area contributed by atoms with Crippen molar-refractivity contribution in [1.29, 1.82) is 0 Å². The van der Waals surface area contributed by atoms with Crippen LogP contribution in [-0.4, -0.2) is 9.78 Å². The molecule has 3 nitrogen and oxygen atoms in total. The van der Waals surface area contributed by atoms with Gasteiger partial charge in [-0.1, -0.05) is 17.7 Å². The molecule has 19 heavy (non-hydrogen) atoms. The molecule has 0 unspecified atom stereocenters. The second kappa shape index (κ2) is 5.88. The average molecular weight is 296 g/mol. The standard InChI is InChI=1S/C14H18ClN3S/c1-4-18-12(14(15)10(3)17-18)8-19-13-6-5-9(2)7-11(13)16/h5-7H,4,8,16H2,1-3H3. The number of anilines is 1. The zero-order valence-corrected chi connectivity index (χ0v) is 13.0. The van der Waals surface area contributed by atoms with Gasteiger partial charge in [0.15, 0.2) is 0 Å². The molecule has 1 heterocycles. The van der Waals surface area contributed by atoms with Crippen molar-refractivity contribution in [3.63, 3.8) is 0 Å². The summed E-state index contributed by atoms with van der Waals surface area (Å²) in [6, 6.07) is 6.12. The van der Waals surface area contributed by atoms with E-state index in [-0.39, 0.29) is 0 Å². The molecule has 102 valence electrons. The van der Waals surface area contributed by atoms with E-state index in [9.17, 15) is 0 Å². The van der Waals surface area contributed by atoms with E-state index >= 15 is 0 Å². The first-order valence-corrected chi connectivity index (χ1v) is 7.60. The minimum Gasteiger partial charge on any atom is -0.398 e. The average Bonchev–Trinajstić information content (AvgIpc) is 2.65. The summed E-state index contributed by atoms with van der Waals surface area (Å²) in [4.78, 5) is 1.09. The fraction of sp³-hybridized carbons (Fsp3) is 0.357. The van der Waals surface area contributed by atoms with Crippen molar-refractivity contribution < 1.29 is 0 Å².